The number of likely N-dealkylation sites (tertiary alicyclic amines) is 1. The smallest absolute Gasteiger partial charge is 0.183 e. The molecule has 1 N–H and O–H groups in total. The molecule has 0 radical (unpaired) electrons. The van der Waals surface area contributed by atoms with Gasteiger partial charge in [-0.15, -0.1) is 10.2 Å². The lowest BCUT2D eigenvalue weighted by Gasteiger charge is -2.31. The third kappa shape index (κ3) is 3.23. The van der Waals surface area contributed by atoms with Gasteiger partial charge in [-0.1, -0.05) is 13.0 Å². The molecule has 0 amide bonds. The first-order valence-corrected chi connectivity index (χ1v) is 10.2. The Labute approximate surface area is 169 Å². The summed E-state index contributed by atoms with van der Waals surface area (Å²) in [5, 5.41) is 19.8. The van der Waals surface area contributed by atoms with Crippen molar-refractivity contribution < 1.29 is 9.52 Å². The first-order chi connectivity index (χ1) is 14.1. The summed E-state index contributed by atoms with van der Waals surface area (Å²) in [4.78, 5) is 6.70. The summed E-state index contributed by atoms with van der Waals surface area (Å²) in [5.41, 5.74) is 4.57. The molecule has 5 rings (SSSR count). The first-order valence-electron chi connectivity index (χ1n) is 10.2. The number of aryl methyl sites for hydroxylation is 1. The Morgan fingerprint density at radius 3 is 3.03 bits per heavy atom. The van der Waals surface area contributed by atoms with Crippen LogP contribution in [0.4, 0.5) is 5.82 Å². The molecule has 2 aromatic heterocycles. The van der Waals surface area contributed by atoms with Crippen LogP contribution in [0.15, 0.2) is 45.1 Å². The maximum absolute atomic E-state index is 10.8. The molecule has 1 aromatic carbocycles. The molecule has 6 heteroatoms. The van der Waals surface area contributed by atoms with E-state index in [2.05, 4.69) is 40.0 Å². The Bertz CT molecular complexity index is 1150. The lowest BCUT2D eigenvalue weighted by atomic mass is 9.98. The van der Waals surface area contributed by atoms with E-state index >= 15 is 0 Å². The van der Waals surface area contributed by atoms with E-state index in [1.807, 2.05) is 18.2 Å². The summed E-state index contributed by atoms with van der Waals surface area (Å²) >= 11 is 0. The molecular formula is C23H24N4O2. The highest BCUT2D eigenvalue weighted by Crippen LogP contribution is 2.40. The van der Waals surface area contributed by atoms with E-state index in [4.69, 9.17) is 4.42 Å². The minimum atomic E-state index is 0.147. The average molecular weight is 388 g/mol. The van der Waals surface area contributed by atoms with Crippen LogP contribution < -0.4 is 0 Å². The van der Waals surface area contributed by atoms with E-state index in [1.54, 1.807) is 12.3 Å². The van der Waals surface area contributed by atoms with Gasteiger partial charge in [-0.2, -0.15) is 0 Å². The van der Waals surface area contributed by atoms with Gasteiger partial charge in [0.25, 0.3) is 0 Å². The maximum Gasteiger partial charge on any atom is 0.183 e. The van der Waals surface area contributed by atoms with Crippen LogP contribution in [0.3, 0.4) is 0 Å². The largest absolute Gasteiger partial charge is 0.504 e. The number of aromatic nitrogens is 1. The Hall–Kier alpha value is -2.99. The van der Waals surface area contributed by atoms with Gasteiger partial charge in [-0.3, -0.25) is 4.90 Å². The summed E-state index contributed by atoms with van der Waals surface area (Å²) in [6, 6.07) is 7.76. The van der Waals surface area contributed by atoms with E-state index in [0.717, 1.165) is 47.6 Å². The van der Waals surface area contributed by atoms with Gasteiger partial charge < -0.3 is 9.52 Å². The second-order valence-electron chi connectivity index (χ2n) is 8.14. The predicted molar refractivity (Wildman–Crippen MR) is 113 cm³/mol. The van der Waals surface area contributed by atoms with E-state index in [9.17, 15) is 5.11 Å². The predicted octanol–water partition coefficient (Wildman–Crippen LogP) is 5.67. The van der Waals surface area contributed by atoms with E-state index in [-0.39, 0.29) is 5.75 Å². The summed E-state index contributed by atoms with van der Waals surface area (Å²) in [5.74, 6) is 1.86. The first kappa shape index (κ1) is 18.1. The zero-order chi connectivity index (χ0) is 20.0. The minimum Gasteiger partial charge on any atom is -0.504 e. The van der Waals surface area contributed by atoms with Gasteiger partial charge in [0.15, 0.2) is 17.3 Å². The van der Waals surface area contributed by atoms with Crippen LogP contribution in [0.5, 0.6) is 5.75 Å². The fourth-order valence-corrected chi connectivity index (χ4v) is 4.33. The van der Waals surface area contributed by atoms with Gasteiger partial charge in [0.2, 0.25) is 0 Å². The quantitative estimate of drug-likeness (QED) is 0.627. The van der Waals surface area contributed by atoms with Crippen molar-refractivity contribution in [2.75, 3.05) is 13.1 Å². The number of furan rings is 1. The Balaban J connectivity index is 1.55. The molecule has 1 atom stereocenters. The summed E-state index contributed by atoms with van der Waals surface area (Å²) in [6.45, 7) is 7.46. The lowest BCUT2D eigenvalue weighted by molar-refractivity contribution is 0.176. The van der Waals surface area contributed by atoms with Gasteiger partial charge in [0, 0.05) is 36.5 Å². The van der Waals surface area contributed by atoms with Crippen molar-refractivity contribution in [3.8, 4) is 5.75 Å². The molecule has 3 aromatic rings. The van der Waals surface area contributed by atoms with Gasteiger partial charge >= 0.3 is 0 Å². The number of piperidine rings is 1. The third-order valence-electron chi connectivity index (χ3n) is 5.90. The third-order valence-corrected chi connectivity index (χ3v) is 5.90. The van der Waals surface area contributed by atoms with Crippen LogP contribution in [-0.2, 0) is 6.54 Å². The molecule has 1 saturated heterocycles. The number of hydrogen-bond donors (Lipinski definition) is 1. The molecule has 0 aliphatic carbocycles. The molecule has 4 heterocycles. The number of nitrogens with zero attached hydrogens (tertiary/aromatic N) is 4. The van der Waals surface area contributed by atoms with Crippen LogP contribution in [-0.4, -0.2) is 28.1 Å². The topological polar surface area (TPSA) is 74.2 Å². The van der Waals surface area contributed by atoms with Crippen molar-refractivity contribution in [2.24, 2.45) is 16.1 Å². The molecule has 2 aliphatic rings. The molecule has 0 spiro atoms. The fraction of sp³-hybridized carbons (Fsp3) is 0.348. The summed E-state index contributed by atoms with van der Waals surface area (Å²) in [7, 11) is 0. The number of azo groups is 1. The molecule has 0 saturated carbocycles. The van der Waals surface area contributed by atoms with Crippen LogP contribution in [0.1, 0.15) is 42.2 Å². The number of pyridine rings is 1. The average Bonchev–Trinajstić information content (AvgIpc) is 3.26. The number of fused-ring (bicyclic) bond motifs is 2. The number of hydrogen-bond acceptors (Lipinski definition) is 6. The molecule has 29 heavy (non-hydrogen) atoms. The SMILES string of the molecule is Cc1ccc2c(O)c(C=C3N=Nc4ncccc43)oc2c1CN1CCC[C@H](C)C1. The molecule has 0 bridgehead atoms. The van der Waals surface area contributed by atoms with Gasteiger partial charge in [-0.05, 0) is 56.0 Å². The van der Waals surface area contributed by atoms with Crippen LogP contribution in [0.2, 0.25) is 0 Å². The maximum atomic E-state index is 10.8. The van der Waals surface area contributed by atoms with Crippen molar-refractivity contribution in [1.29, 1.82) is 0 Å². The minimum absolute atomic E-state index is 0.147. The van der Waals surface area contributed by atoms with Crippen molar-refractivity contribution >= 4 is 28.6 Å². The number of benzene rings is 1. The van der Waals surface area contributed by atoms with Crippen LogP contribution in [0.25, 0.3) is 22.7 Å². The normalized spacial score (nSPS) is 20.6. The highest BCUT2D eigenvalue weighted by atomic mass is 16.4. The molecule has 2 aliphatic heterocycles. The summed E-state index contributed by atoms with van der Waals surface area (Å²) < 4.78 is 6.18. The highest BCUT2D eigenvalue weighted by molar-refractivity contribution is 5.94. The Morgan fingerprint density at radius 2 is 2.17 bits per heavy atom. The fourth-order valence-electron chi connectivity index (χ4n) is 4.33. The summed E-state index contributed by atoms with van der Waals surface area (Å²) in [6.07, 6.45) is 5.96. The Morgan fingerprint density at radius 1 is 1.28 bits per heavy atom. The Kier molecular flexibility index (Phi) is 4.43. The zero-order valence-electron chi connectivity index (χ0n) is 16.7. The standard InChI is InChI=1S/C23H24N4O2/c1-14-5-4-10-27(12-14)13-18-15(2)7-8-17-21(28)20(29-22(17)18)11-19-16-6-3-9-24-23(16)26-25-19/h3,6-9,11,14,28H,4-5,10,12-13H2,1-2H3/t14-/m0/s1. The van der Waals surface area contributed by atoms with E-state index in [1.165, 1.54) is 18.4 Å². The number of aromatic hydroxyl groups is 1. The molecule has 1 fully saturated rings. The van der Waals surface area contributed by atoms with Gasteiger partial charge in [0.05, 0.1) is 5.39 Å². The molecule has 6 nitrogen and oxygen atoms in total. The van der Waals surface area contributed by atoms with Crippen LogP contribution in [0, 0.1) is 12.8 Å². The van der Waals surface area contributed by atoms with Crippen molar-refractivity contribution in [3.05, 3.63) is 52.9 Å². The monoisotopic (exact) mass is 388 g/mol. The van der Waals surface area contributed by atoms with Crippen molar-refractivity contribution in [2.45, 2.75) is 33.2 Å². The van der Waals surface area contributed by atoms with Gasteiger partial charge in [-0.25, -0.2) is 4.98 Å². The van der Waals surface area contributed by atoms with Gasteiger partial charge in [0.1, 0.15) is 11.3 Å². The van der Waals surface area contributed by atoms with Crippen molar-refractivity contribution in [1.82, 2.24) is 9.88 Å². The highest BCUT2D eigenvalue weighted by Gasteiger charge is 2.22. The van der Waals surface area contributed by atoms with Crippen LogP contribution >= 0.6 is 0 Å². The second kappa shape index (κ2) is 7.12. The second-order valence-corrected chi connectivity index (χ2v) is 8.14. The molecule has 0 unspecified atom stereocenters. The zero-order valence-corrected chi connectivity index (χ0v) is 16.7. The molecule has 148 valence electrons. The van der Waals surface area contributed by atoms with Crippen molar-refractivity contribution in [3.63, 3.8) is 0 Å². The molecular weight excluding hydrogens is 364 g/mol. The number of rotatable bonds is 3. The lowest BCUT2D eigenvalue weighted by Crippen LogP contribution is -2.33. The van der Waals surface area contributed by atoms with E-state index < -0.39 is 0 Å². The van der Waals surface area contributed by atoms with E-state index in [0.29, 0.717) is 17.3 Å².